The molecule has 0 aliphatic rings. The van der Waals surface area contributed by atoms with E-state index in [9.17, 15) is 0 Å². The Hall–Kier alpha value is -1.72. The highest BCUT2D eigenvalue weighted by Gasteiger charge is 2.05. The number of imidazole rings is 1. The normalized spacial score (nSPS) is 10.6. The number of aromatic nitrogens is 2. The van der Waals surface area contributed by atoms with Crippen molar-refractivity contribution in [3.05, 3.63) is 48.0 Å². The average Bonchev–Trinajstić information content (AvgIpc) is 3.11. The second kappa shape index (κ2) is 5.50. The molecule has 0 saturated carbocycles. The van der Waals surface area contributed by atoms with Crippen molar-refractivity contribution < 1.29 is 4.74 Å². The lowest BCUT2D eigenvalue weighted by Crippen LogP contribution is -1.82. The molecule has 0 aliphatic heterocycles. The first-order valence-electron chi connectivity index (χ1n) is 5.76. The van der Waals surface area contributed by atoms with Gasteiger partial charge in [0.1, 0.15) is 5.75 Å². The van der Waals surface area contributed by atoms with Gasteiger partial charge in [0.05, 0.1) is 23.2 Å². The monoisotopic (exact) mass is 288 g/mol. The number of thiophene rings is 1. The Labute approximate surface area is 119 Å². The predicted octanol–water partition coefficient (Wildman–Crippen LogP) is 4.30. The van der Waals surface area contributed by atoms with Crippen molar-refractivity contribution in [1.29, 1.82) is 0 Å². The van der Waals surface area contributed by atoms with Gasteiger partial charge in [-0.15, -0.1) is 11.3 Å². The second-order valence-corrected chi connectivity index (χ2v) is 6.10. The van der Waals surface area contributed by atoms with E-state index in [1.54, 1.807) is 30.2 Å². The van der Waals surface area contributed by atoms with Crippen LogP contribution < -0.4 is 4.74 Å². The number of nitrogens with one attached hydrogen (secondary N) is 1. The maximum atomic E-state index is 5.15. The molecule has 96 valence electrons. The molecule has 0 amide bonds. The molecule has 3 rings (SSSR count). The molecule has 0 radical (unpaired) electrons. The van der Waals surface area contributed by atoms with Crippen molar-refractivity contribution in [2.75, 3.05) is 7.11 Å². The van der Waals surface area contributed by atoms with Gasteiger partial charge in [-0.1, -0.05) is 6.07 Å². The fraction of sp³-hybridized carbons (Fsp3) is 0.0714. The van der Waals surface area contributed by atoms with Gasteiger partial charge in [-0.05, 0) is 53.0 Å². The van der Waals surface area contributed by atoms with E-state index in [1.807, 2.05) is 36.5 Å². The summed E-state index contributed by atoms with van der Waals surface area (Å²) in [6.07, 6.45) is 1.86. The smallest absolute Gasteiger partial charge is 0.171 e. The van der Waals surface area contributed by atoms with E-state index in [1.165, 1.54) is 4.21 Å². The van der Waals surface area contributed by atoms with Crippen LogP contribution in [0.4, 0.5) is 0 Å². The van der Waals surface area contributed by atoms with Crippen LogP contribution in [-0.4, -0.2) is 17.1 Å². The van der Waals surface area contributed by atoms with Crippen molar-refractivity contribution >= 4 is 23.1 Å². The summed E-state index contributed by atoms with van der Waals surface area (Å²) in [6, 6.07) is 12.1. The predicted molar refractivity (Wildman–Crippen MR) is 79.0 cm³/mol. The number of ether oxygens (including phenoxy) is 1. The number of benzene rings is 1. The molecule has 1 N–H and O–H groups in total. The van der Waals surface area contributed by atoms with E-state index in [2.05, 4.69) is 21.4 Å². The minimum atomic E-state index is 0.858. The maximum absolute atomic E-state index is 5.15. The number of rotatable bonds is 4. The number of methoxy groups -OCH3 is 1. The Kier molecular flexibility index (Phi) is 3.57. The quantitative estimate of drug-likeness (QED) is 0.778. The van der Waals surface area contributed by atoms with Crippen molar-refractivity contribution in [3.8, 4) is 17.0 Å². The zero-order chi connectivity index (χ0) is 13.1. The van der Waals surface area contributed by atoms with Crippen LogP contribution >= 0.6 is 23.1 Å². The number of aromatic amines is 1. The molecule has 0 spiro atoms. The van der Waals surface area contributed by atoms with Gasteiger partial charge in [0.25, 0.3) is 0 Å². The highest BCUT2D eigenvalue weighted by molar-refractivity contribution is 8.01. The van der Waals surface area contributed by atoms with Crippen LogP contribution in [0.25, 0.3) is 11.3 Å². The summed E-state index contributed by atoms with van der Waals surface area (Å²) in [5, 5.41) is 2.98. The highest BCUT2D eigenvalue weighted by Crippen LogP contribution is 2.30. The Morgan fingerprint density at radius 1 is 1.21 bits per heavy atom. The van der Waals surface area contributed by atoms with Crippen LogP contribution in [0.2, 0.25) is 0 Å². The molecule has 0 bridgehead atoms. The van der Waals surface area contributed by atoms with Gasteiger partial charge in [0.2, 0.25) is 0 Å². The van der Waals surface area contributed by atoms with Crippen LogP contribution in [0.5, 0.6) is 5.75 Å². The van der Waals surface area contributed by atoms with Gasteiger partial charge >= 0.3 is 0 Å². The Bertz CT molecular complexity index is 644. The van der Waals surface area contributed by atoms with Gasteiger partial charge in [0.15, 0.2) is 5.16 Å². The Balaban J connectivity index is 1.80. The Morgan fingerprint density at radius 3 is 2.74 bits per heavy atom. The first-order valence-corrected chi connectivity index (χ1v) is 7.45. The highest BCUT2D eigenvalue weighted by atomic mass is 32.2. The molecular formula is C14H12N2OS2. The standard InChI is InChI=1S/C14H12N2OS2/c1-17-11-6-4-10(5-7-11)12-9-15-14(16-12)19-13-3-2-8-18-13/h2-9H,1H3,(H,15,16). The van der Waals surface area contributed by atoms with Gasteiger partial charge in [0, 0.05) is 0 Å². The van der Waals surface area contributed by atoms with Crippen molar-refractivity contribution in [2.45, 2.75) is 9.37 Å². The first kappa shape index (κ1) is 12.3. The van der Waals surface area contributed by atoms with Gasteiger partial charge in [-0.3, -0.25) is 0 Å². The first-order chi connectivity index (χ1) is 9.35. The van der Waals surface area contributed by atoms with E-state index in [-0.39, 0.29) is 0 Å². The van der Waals surface area contributed by atoms with Crippen molar-refractivity contribution in [1.82, 2.24) is 9.97 Å². The summed E-state index contributed by atoms with van der Waals surface area (Å²) in [7, 11) is 1.67. The van der Waals surface area contributed by atoms with Gasteiger partial charge in [-0.25, -0.2) is 4.98 Å². The summed E-state index contributed by atoms with van der Waals surface area (Å²) >= 11 is 3.36. The summed E-state index contributed by atoms with van der Waals surface area (Å²) in [5.41, 5.74) is 2.12. The molecule has 0 atom stereocenters. The lowest BCUT2D eigenvalue weighted by atomic mass is 10.2. The van der Waals surface area contributed by atoms with Crippen LogP contribution in [0.15, 0.2) is 57.3 Å². The zero-order valence-electron chi connectivity index (χ0n) is 10.3. The summed E-state index contributed by atoms with van der Waals surface area (Å²) < 4.78 is 6.38. The third-order valence-electron chi connectivity index (χ3n) is 2.65. The third-order valence-corrected chi connectivity index (χ3v) is 4.58. The number of hydrogen-bond donors (Lipinski definition) is 1. The molecular weight excluding hydrogens is 276 g/mol. The lowest BCUT2D eigenvalue weighted by molar-refractivity contribution is 0.415. The second-order valence-electron chi connectivity index (χ2n) is 3.86. The summed E-state index contributed by atoms with van der Waals surface area (Å²) in [4.78, 5) is 7.72. The topological polar surface area (TPSA) is 37.9 Å². The molecule has 2 heterocycles. The van der Waals surface area contributed by atoms with Crippen molar-refractivity contribution in [3.63, 3.8) is 0 Å². The molecule has 0 aliphatic carbocycles. The fourth-order valence-corrected chi connectivity index (χ4v) is 3.34. The van der Waals surface area contributed by atoms with Crippen LogP contribution in [0.1, 0.15) is 0 Å². The number of nitrogens with zero attached hydrogens (tertiary/aromatic N) is 1. The minimum absolute atomic E-state index is 0.858. The number of H-pyrrole nitrogens is 1. The molecule has 0 saturated heterocycles. The molecule has 0 unspecified atom stereocenters. The van der Waals surface area contributed by atoms with Gasteiger partial charge in [-0.2, -0.15) is 0 Å². The van der Waals surface area contributed by atoms with E-state index in [4.69, 9.17) is 4.74 Å². The van der Waals surface area contributed by atoms with Crippen LogP contribution in [0, 0.1) is 0 Å². The van der Waals surface area contributed by atoms with Crippen LogP contribution in [-0.2, 0) is 0 Å². The fourth-order valence-electron chi connectivity index (χ4n) is 1.69. The van der Waals surface area contributed by atoms with Crippen molar-refractivity contribution in [2.24, 2.45) is 0 Å². The van der Waals surface area contributed by atoms with E-state index in [0.29, 0.717) is 0 Å². The maximum Gasteiger partial charge on any atom is 0.171 e. The molecule has 3 nitrogen and oxygen atoms in total. The third kappa shape index (κ3) is 2.83. The van der Waals surface area contributed by atoms with Gasteiger partial charge < -0.3 is 9.72 Å². The number of hydrogen-bond acceptors (Lipinski definition) is 4. The van der Waals surface area contributed by atoms with E-state index in [0.717, 1.165) is 22.2 Å². The summed E-state index contributed by atoms with van der Waals surface area (Å²) in [5.74, 6) is 0.858. The minimum Gasteiger partial charge on any atom is -0.497 e. The molecule has 0 fully saturated rings. The van der Waals surface area contributed by atoms with E-state index < -0.39 is 0 Å². The molecule has 2 aromatic heterocycles. The average molecular weight is 288 g/mol. The summed E-state index contributed by atoms with van der Waals surface area (Å²) in [6.45, 7) is 0. The molecule has 5 heteroatoms. The largest absolute Gasteiger partial charge is 0.497 e. The Morgan fingerprint density at radius 2 is 2.05 bits per heavy atom. The SMILES string of the molecule is COc1ccc(-c2cnc(Sc3cccs3)[nH]2)cc1. The lowest BCUT2D eigenvalue weighted by Gasteiger charge is -2.00. The van der Waals surface area contributed by atoms with E-state index >= 15 is 0 Å². The molecule has 1 aromatic carbocycles. The zero-order valence-corrected chi connectivity index (χ0v) is 11.9. The van der Waals surface area contributed by atoms with Crippen LogP contribution in [0.3, 0.4) is 0 Å². The molecule has 19 heavy (non-hydrogen) atoms. The molecule has 3 aromatic rings.